The summed E-state index contributed by atoms with van der Waals surface area (Å²) in [7, 11) is 0. The number of rotatable bonds is 5. The highest BCUT2D eigenvalue weighted by molar-refractivity contribution is 7.12. The van der Waals surface area contributed by atoms with Crippen molar-refractivity contribution in [3.05, 3.63) is 86.8 Å². The van der Waals surface area contributed by atoms with E-state index in [4.69, 9.17) is 16.3 Å². The lowest BCUT2D eigenvalue weighted by Crippen LogP contribution is -2.51. The molecule has 6 nitrogen and oxygen atoms in total. The third-order valence-corrected chi connectivity index (χ3v) is 8.26. The Balaban J connectivity index is 1.45. The third kappa shape index (κ3) is 4.13. The molecule has 1 N–H and O–H groups in total. The Morgan fingerprint density at radius 1 is 1.18 bits per heavy atom. The lowest BCUT2D eigenvalue weighted by atomic mass is 9.71. The van der Waals surface area contributed by atoms with Crippen molar-refractivity contribution in [2.45, 2.75) is 43.9 Å². The van der Waals surface area contributed by atoms with Crippen LogP contribution in [0.4, 0.5) is 0 Å². The summed E-state index contributed by atoms with van der Waals surface area (Å²) < 4.78 is 6.57. The van der Waals surface area contributed by atoms with E-state index in [0.29, 0.717) is 29.6 Å². The maximum atomic E-state index is 13.1. The number of thiophene rings is 1. The maximum Gasteiger partial charge on any atom is 0.265 e. The molecule has 34 heavy (non-hydrogen) atoms. The second-order valence-corrected chi connectivity index (χ2v) is 10.2. The summed E-state index contributed by atoms with van der Waals surface area (Å²) in [6, 6.07) is 15.5. The fourth-order valence-corrected chi connectivity index (χ4v) is 6.50. The highest BCUT2D eigenvalue weighted by Gasteiger charge is 2.54. The summed E-state index contributed by atoms with van der Waals surface area (Å²) in [5, 5.41) is 5.48. The number of nitrogens with zero attached hydrogens (tertiary/aromatic N) is 2. The third-order valence-electron chi connectivity index (χ3n) is 6.93. The zero-order valence-corrected chi connectivity index (χ0v) is 20.4. The number of amides is 2. The van der Waals surface area contributed by atoms with E-state index < -0.39 is 0 Å². The lowest BCUT2D eigenvalue weighted by molar-refractivity contribution is -0.122. The molecule has 1 aromatic carbocycles. The van der Waals surface area contributed by atoms with Gasteiger partial charge in [-0.25, -0.2) is 0 Å². The fraction of sp³-hybridized carbons (Fsp3) is 0.346. The first kappa shape index (κ1) is 23.0. The van der Waals surface area contributed by atoms with Crippen LogP contribution in [-0.4, -0.2) is 40.9 Å². The Kier molecular flexibility index (Phi) is 6.42. The summed E-state index contributed by atoms with van der Waals surface area (Å²) in [4.78, 5) is 32.1. The van der Waals surface area contributed by atoms with Gasteiger partial charge in [-0.15, -0.1) is 11.3 Å². The van der Waals surface area contributed by atoms with Gasteiger partial charge in [0.15, 0.2) is 0 Å². The Bertz CT molecular complexity index is 1190. The zero-order valence-electron chi connectivity index (χ0n) is 18.9. The standard InChI is InChI=1S/C26H26ClN3O3S/c1-17(31)29-22-19-7-2-3-8-20(19)26(24(22)33-16-18-6-4-5-12-28-18)10-13-30(14-11-26)25(32)23-21(27)9-15-34-23/h2-9,12,15,22,24H,10-11,13-14,16H2,1H3,(H,29,31)/t22-,24+/m0/s1. The van der Waals surface area contributed by atoms with Crippen LogP contribution < -0.4 is 5.32 Å². The fourth-order valence-electron chi connectivity index (χ4n) is 5.40. The van der Waals surface area contributed by atoms with E-state index in [1.54, 1.807) is 12.3 Å². The van der Waals surface area contributed by atoms with Crippen LogP contribution >= 0.6 is 22.9 Å². The van der Waals surface area contributed by atoms with Crippen LogP contribution in [0.1, 0.15) is 52.3 Å². The Labute approximate surface area is 207 Å². The molecule has 1 aliphatic carbocycles. The lowest BCUT2D eigenvalue weighted by Gasteiger charge is -2.44. The molecule has 0 unspecified atom stereocenters. The number of fused-ring (bicyclic) bond motifs is 2. The molecule has 1 fully saturated rings. The van der Waals surface area contributed by atoms with E-state index in [-0.39, 0.29) is 29.4 Å². The summed E-state index contributed by atoms with van der Waals surface area (Å²) in [5.41, 5.74) is 2.81. The van der Waals surface area contributed by atoms with Gasteiger partial charge >= 0.3 is 0 Å². The highest BCUT2D eigenvalue weighted by Crippen LogP contribution is 2.52. The van der Waals surface area contributed by atoms with E-state index in [0.717, 1.165) is 24.1 Å². The Hall–Kier alpha value is -2.74. The first-order valence-electron chi connectivity index (χ1n) is 11.4. The molecule has 2 amide bonds. The van der Waals surface area contributed by atoms with E-state index in [1.165, 1.54) is 23.8 Å². The first-order chi connectivity index (χ1) is 16.5. The van der Waals surface area contributed by atoms with Gasteiger partial charge in [-0.05, 0) is 47.5 Å². The molecule has 2 aliphatic rings. The number of nitrogens with one attached hydrogen (secondary N) is 1. The van der Waals surface area contributed by atoms with Crippen molar-refractivity contribution in [2.75, 3.05) is 13.1 Å². The molecule has 0 radical (unpaired) electrons. The average molecular weight is 496 g/mol. The van der Waals surface area contributed by atoms with Crippen molar-refractivity contribution in [2.24, 2.45) is 0 Å². The Morgan fingerprint density at radius 2 is 1.94 bits per heavy atom. The van der Waals surface area contributed by atoms with Crippen molar-refractivity contribution < 1.29 is 14.3 Å². The number of piperidine rings is 1. The van der Waals surface area contributed by atoms with Crippen LogP contribution in [0.15, 0.2) is 60.1 Å². The van der Waals surface area contributed by atoms with E-state index in [2.05, 4.69) is 22.4 Å². The molecule has 3 heterocycles. The zero-order chi connectivity index (χ0) is 23.7. The second kappa shape index (κ2) is 9.49. The van der Waals surface area contributed by atoms with Crippen LogP contribution in [0.5, 0.6) is 0 Å². The number of halogens is 1. The van der Waals surface area contributed by atoms with Gasteiger partial charge in [0.05, 0.1) is 29.5 Å². The normalized spacial score (nSPS) is 20.8. The van der Waals surface area contributed by atoms with Crippen LogP contribution in [0.3, 0.4) is 0 Å². The van der Waals surface area contributed by atoms with Crippen molar-refractivity contribution in [3.63, 3.8) is 0 Å². The van der Waals surface area contributed by atoms with Crippen LogP contribution in [0.2, 0.25) is 5.02 Å². The molecule has 2 aromatic heterocycles. The number of hydrogen-bond donors (Lipinski definition) is 1. The van der Waals surface area contributed by atoms with E-state index in [9.17, 15) is 9.59 Å². The van der Waals surface area contributed by atoms with E-state index >= 15 is 0 Å². The number of hydrogen-bond acceptors (Lipinski definition) is 5. The van der Waals surface area contributed by atoms with Crippen LogP contribution in [-0.2, 0) is 21.6 Å². The van der Waals surface area contributed by atoms with Crippen LogP contribution in [0, 0.1) is 0 Å². The maximum absolute atomic E-state index is 13.1. The van der Waals surface area contributed by atoms with E-state index in [1.807, 2.05) is 40.6 Å². The topological polar surface area (TPSA) is 71.5 Å². The van der Waals surface area contributed by atoms with Crippen molar-refractivity contribution >= 4 is 34.8 Å². The van der Waals surface area contributed by atoms with Gasteiger partial charge in [0.2, 0.25) is 5.91 Å². The second-order valence-electron chi connectivity index (χ2n) is 8.86. The number of ether oxygens (including phenoxy) is 1. The van der Waals surface area contributed by atoms with Gasteiger partial charge in [0, 0.05) is 31.6 Å². The minimum absolute atomic E-state index is 0.0227. The smallest absolute Gasteiger partial charge is 0.265 e. The quantitative estimate of drug-likeness (QED) is 0.554. The van der Waals surface area contributed by atoms with Crippen molar-refractivity contribution in [1.29, 1.82) is 0 Å². The minimum atomic E-state index is -0.311. The molecule has 5 rings (SSSR count). The van der Waals surface area contributed by atoms with Crippen molar-refractivity contribution in [3.8, 4) is 0 Å². The van der Waals surface area contributed by atoms with Gasteiger partial charge in [-0.1, -0.05) is 41.9 Å². The SMILES string of the molecule is CC(=O)N[C@H]1c2ccccc2C2(CCN(C(=O)c3sccc3Cl)CC2)[C@@H]1OCc1ccccn1. The first-order valence-corrected chi connectivity index (χ1v) is 12.7. The summed E-state index contributed by atoms with van der Waals surface area (Å²) in [6.45, 7) is 3.08. The van der Waals surface area contributed by atoms with Gasteiger partial charge in [-0.3, -0.25) is 14.6 Å². The molecule has 2 atom stereocenters. The van der Waals surface area contributed by atoms with Gasteiger partial charge in [0.1, 0.15) is 4.88 Å². The van der Waals surface area contributed by atoms with Crippen molar-refractivity contribution in [1.82, 2.24) is 15.2 Å². The number of carbonyl (C=O) groups is 2. The van der Waals surface area contributed by atoms with Gasteiger partial charge < -0.3 is 15.0 Å². The molecule has 8 heteroatoms. The predicted molar refractivity (Wildman–Crippen MR) is 132 cm³/mol. The largest absolute Gasteiger partial charge is 0.368 e. The summed E-state index contributed by atoms with van der Waals surface area (Å²) >= 11 is 7.60. The number of carbonyl (C=O) groups excluding carboxylic acids is 2. The molecule has 176 valence electrons. The number of benzene rings is 1. The summed E-state index contributed by atoms with van der Waals surface area (Å²) in [5.74, 6) is -0.117. The average Bonchev–Trinajstić information content (AvgIpc) is 3.38. The molecule has 1 saturated heterocycles. The van der Waals surface area contributed by atoms with Crippen LogP contribution in [0.25, 0.3) is 0 Å². The predicted octanol–water partition coefficient (Wildman–Crippen LogP) is 4.75. The monoisotopic (exact) mass is 495 g/mol. The molecule has 0 saturated carbocycles. The molecular formula is C26H26ClN3O3S. The minimum Gasteiger partial charge on any atom is -0.368 e. The number of aromatic nitrogens is 1. The molecule has 1 spiro atoms. The molecule has 1 aliphatic heterocycles. The van der Waals surface area contributed by atoms with Gasteiger partial charge in [0.25, 0.3) is 5.91 Å². The number of likely N-dealkylation sites (tertiary alicyclic amines) is 1. The Morgan fingerprint density at radius 3 is 2.62 bits per heavy atom. The highest BCUT2D eigenvalue weighted by atomic mass is 35.5. The van der Waals surface area contributed by atoms with Gasteiger partial charge in [-0.2, -0.15) is 0 Å². The molecule has 3 aromatic rings. The number of pyridine rings is 1. The summed E-state index contributed by atoms with van der Waals surface area (Å²) in [6.07, 6.45) is 2.96. The molecule has 0 bridgehead atoms. The molecular weight excluding hydrogens is 470 g/mol.